The Labute approximate surface area is 373 Å². The van der Waals surface area contributed by atoms with Crippen LogP contribution >= 0.6 is 0 Å². The van der Waals surface area contributed by atoms with E-state index in [1.54, 1.807) is 30.5 Å². The van der Waals surface area contributed by atoms with Crippen LogP contribution in [0.15, 0.2) is 103 Å². The van der Waals surface area contributed by atoms with Crippen molar-refractivity contribution in [2.75, 3.05) is 13.1 Å². The minimum Gasteiger partial charge on any atom is -0.368 e. The van der Waals surface area contributed by atoms with Gasteiger partial charge in [-0.2, -0.15) is 0 Å². The Hall–Kier alpha value is -6.62. The molecule has 340 valence electrons. The quantitative estimate of drug-likeness (QED) is 0.0383. The number of para-hydroxylation sites is 1. The van der Waals surface area contributed by atoms with Crippen LogP contribution in [0.1, 0.15) is 62.1 Å². The fourth-order valence-corrected chi connectivity index (χ4v) is 7.52. The lowest BCUT2D eigenvalue weighted by atomic mass is 10.00. The van der Waals surface area contributed by atoms with Crippen molar-refractivity contribution in [1.82, 2.24) is 31.6 Å². The molecule has 4 aromatic carbocycles. The number of unbranched alkanes of at least 4 members (excludes halogenated alkanes) is 2. The number of aromatic amines is 1. The Morgan fingerprint density at radius 1 is 0.547 bits per heavy atom. The molecule has 1 heterocycles. The van der Waals surface area contributed by atoms with E-state index in [0.29, 0.717) is 50.8 Å². The van der Waals surface area contributed by atoms with E-state index >= 15 is 0 Å². The molecule has 0 saturated heterocycles. The number of aromatic nitrogens is 1. The van der Waals surface area contributed by atoms with Gasteiger partial charge in [-0.05, 0) is 85.6 Å². The third kappa shape index (κ3) is 14.2. The molecule has 6 atom stereocenters. The summed E-state index contributed by atoms with van der Waals surface area (Å²) in [6.07, 6.45) is 5.07. The number of carbonyl (C=O) groups is 6. The molecule has 0 aliphatic carbocycles. The summed E-state index contributed by atoms with van der Waals surface area (Å²) in [5.74, 6) is -3.88. The molecule has 5 rings (SSSR count). The third-order valence-corrected chi connectivity index (χ3v) is 11.2. The lowest BCUT2D eigenvalue weighted by molar-refractivity contribution is -0.134. The molecule has 0 unspecified atom stereocenters. The fraction of sp³-hybridized carbons (Fsp3) is 0.375. The molecule has 0 spiro atoms. The maximum absolute atomic E-state index is 14.4. The summed E-state index contributed by atoms with van der Waals surface area (Å²) in [6, 6.07) is 23.5. The highest BCUT2D eigenvalue weighted by molar-refractivity contribution is 5.97. The number of hydrogen-bond donors (Lipinski definition) is 10. The number of fused-ring (bicyclic) bond motifs is 2. The second-order valence-electron chi connectivity index (χ2n) is 16.2. The van der Waals surface area contributed by atoms with Crippen LogP contribution in [0.5, 0.6) is 0 Å². The van der Waals surface area contributed by atoms with Crippen molar-refractivity contribution in [3.05, 3.63) is 120 Å². The molecule has 0 saturated carbocycles. The number of benzene rings is 4. The lowest BCUT2D eigenvalue weighted by Gasteiger charge is -2.26. The highest BCUT2D eigenvalue weighted by Crippen LogP contribution is 2.20. The maximum Gasteiger partial charge on any atom is 0.243 e. The highest BCUT2D eigenvalue weighted by Gasteiger charge is 2.32. The van der Waals surface area contributed by atoms with Crippen LogP contribution in [-0.2, 0) is 48.0 Å². The molecule has 0 aliphatic rings. The topological polar surface area (TPSA) is 282 Å². The van der Waals surface area contributed by atoms with Crippen LogP contribution < -0.4 is 49.5 Å². The van der Waals surface area contributed by atoms with Crippen molar-refractivity contribution in [3.8, 4) is 0 Å². The molecule has 14 N–H and O–H groups in total. The Kier molecular flexibility index (Phi) is 18.4. The van der Waals surface area contributed by atoms with E-state index in [0.717, 1.165) is 32.8 Å². The van der Waals surface area contributed by atoms with Crippen molar-refractivity contribution >= 4 is 57.1 Å². The van der Waals surface area contributed by atoms with Crippen LogP contribution in [0.3, 0.4) is 0 Å². The number of amides is 6. The smallest absolute Gasteiger partial charge is 0.243 e. The predicted octanol–water partition coefficient (Wildman–Crippen LogP) is 1.86. The first kappa shape index (κ1) is 48.4. The standard InChI is InChI=1S/C48H62N10O6/c1-30(54-46(62)41(57-45(61)37(51)18-9-11-23-49)27-32-21-22-33-15-5-6-16-34(33)25-32)44(60)56-42(28-35-29-53-38-19-8-7-17-36(35)38)48(64)58-40(26-31-13-3-2-4-14-31)47(63)55-39(43(52)59)20-10-12-24-50/h2-8,13-17,19,21-22,25,29-30,37,39-42,53H,9-12,18,20,23-24,26-28,49-51H2,1H3,(H2,52,59)(H,54,62)(H,55,63)(H,56,60)(H,57,61)(H,58,64)/t30-,37+,39-,40+,41+,42-/m0/s1. The van der Waals surface area contributed by atoms with Crippen LogP contribution in [0.4, 0.5) is 0 Å². The second-order valence-corrected chi connectivity index (χ2v) is 16.2. The summed E-state index contributed by atoms with van der Waals surface area (Å²) in [6.45, 7) is 2.34. The van der Waals surface area contributed by atoms with Crippen molar-refractivity contribution in [2.24, 2.45) is 22.9 Å². The van der Waals surface area contributed by atoms with Gasteiger partial charge in [0, 0.05) is 36.4 Å². The molecule has 0 fully saturated rings. The minimum atomic E-state index is -1.24. The number of rotatable bonds is 25. The van der Waals surface area contributed by atoms with Gasteiger partial charge in [-0.25, -0.2) is 0 Å². The van der Waals surface area contributed by atoms with E-state index in [1.807, 2.05) is 72.8 Å². The van der Waals surface area contributed by atoms with Crippen molar-refractivity contribution in [2.45, 2.75) is 101 Å². The zero-order chi connectivity index (χ0) is 46.0. The van der Waals surface area contributed by atoms with E-state index in [4.69, 9.17) is 22.9 Å². The van der Waals surface area contributed by atoms with Crippen LogP contribution in [0.25, 0.3) is 21.7 Å². The second kappa shape index (κ2) is 24.3. The molecule has 6 amide bonds. The molecular formula is C48H62N10O6. The van der Waals surface area contributed by atoms with Crippen LogP contribution in [0.2, 0.25) is 0 Å². The summed E-state index contributed by atoms with van der Waals surface area (Å²) in [5, 5.41) is 16.7. The molecule has 64 heavy (non-hydrogen) atoms. The van der Waals surface area contributed by atoms with Gasteiger partial charge in [-0.3, -0.25) is 28.8 Å². The van der Waals surface area contributed by atoms with Crippen LogP contribution in [-0.4, -0.2) is 89.8 Å². The average Bonchev–Trinajstić information content (AvgIpc) is 3.70. The summed E-state index contributed by atoms with van der Waals surface area (Å²) in [4.78, 5) is 85.3. The van der Waals surface area contributed by atoms with E-state index in [1.165, 1.54) is 6.92 Å². The molecule has 16 nitrogen and oxygen atoms in total. The van der Waals surface area contributed by atoms with E-state index < -0.39 is 71.7 Å². The lowest BCUT2D eigenvalue weighted by Crippen LogP contribution is -2.59. The zero-order valence-electron chi connectivity index (χ0n) is 36.3. The first-order valence-electron chi connectivity index (χ1n) is 21.9. The Bertz CT molecular complexity index is 2350. The normalized spacial score (nSPS) is 14.1. The largest absolute Gasteiger partial charge is 0.368 e. The van der Waals surface area contributed by atoms with Crippen molar-refractivity contribution in [1.29, 1.82) is 0 Å². The molecule has 0 aliphatic heterocycles. The Morgan fingerprint density at radius 2 is 1.09 bits per heavy atom. The predicted molar refractivity (Wildman–Crippen MR) is 248 cm³/mol. The number of hydrogen-bond acceptors (Lipinski definition) is 9. The summed E-state index contributed by atoms with van der Waals surface area (Å²) >= 11 is 0. The number of nitrogens with one attached hydrogen (secondary N) is 6. The highest BCUT2D eigenvalue weighted by atomic mass is 16.2. The molecule has 5 aromatic rings. The van der Waals surface area contributed by atoms with E-state index in [9.17, 15) is 28.8 Å². The minimum absolute atomic E-state index is 0.00756. The van der Waals surface area contributed by atoms with Gasteiger partial charge in [0.25, 0.3) is 0 Å². The fourth-order valence-electron chi connectivity index (χ4n) is 7.52. The van der Waals surface area contributed by atoms with Gasteiger partial charge < -0.3 is 54.5 Å². The monoisotopic (exact) mass is 874 g/mol. The molecular weight excluding hydrogens is 813 g/mol. The number of H-pyrrole nitrogens is 1. The van der Waals surface area contributed by atoms with E-state index in [-0.39, 0.29) is 25.7 Å². The zero-order valence-corrected chi connectivity index (χ0v) is 36.3. The summed E-state index contributed by atoms with van der Waals surface area (Å²) in [5.41, 5.74) is 26.2. The van der Waals surface area contributed by atoms with Gasteiger partial charge in [0.15, 0.2) is 0 Å². The summed E-state index contributed by atoms with van der Waals surface area (Å²) in [7, 11) is 0. The van der Waals surface area contributed by atoms with Gasteiger partial charge in [0.1, 0.15) is 30.2 Å². The maximum atomic E-state index is 14.4. The molecule has 16 heteroatoms. The van der Waals surface area contributed by atoms with Gasteiger partial charge in [0.2, 0.25) is 35.4 Å². The van der Waals surface area contributed by atoms with Crippen molar-refractivity contribution in [3.63, 3.8) is 0 Å². The first-order valence-corrected chi connectivity index (χ1v) is 21.9. The molecule has 1 aromatic heterocycles. The average molecular weight is 875 g/mol. The van der Waals surface area contributed by atoms with Crippen LogP contribution in [0, 0.1) is 0 Å². The third-order valence-electron chi connectivity index (χ3n) is 11.2. The summed E-state index contributed by atoms with van der Waals surface area (Å²) < 4.78 is 0. The Morgan fingerprint density at radius 3 is 1.78 bits per heavy atom. The number of carbonyl (C=O) groups excluding carboxylic acids is 6. The van der Waals surface area contributed by atoms with Gasteiger partial charge in [0.05, 0.1) is 6.04 Å². The van der Waals surface area contributed by atoms with Crippen molar-refractivity contribution < 1.29 is 28.8 Å². The van der Waals surface area contributed by atoms with Gasteiger partial charge >= 0.3 is 0 Å². The Balaban J connectivity index is 1.37. The molecule has 0 radical (unpaired) electrons. The first-order chi connectivity index (χ1) is 30.9. The van der Waals surface area contributed by atoms with E-state index in [2.05, 4.69) is 31.6 Å². The molecule has 0 bridgehead atoms. The number of nitrogens with two attached hydrogens (primary N) is 4. The number of primary amides is 1. The van der Waals surface area contributed by atoms with Gasteiger partial charge in [-0.15, -0.1) is 0 Å². The SMILES string of the molecule is C[C@H](NC(=O)[C@@H](Cc1ccc2ccccc2c1)NC(=O)[C@H](N)CCCCN)C(=O)N[C@@H](Cc1c[nH]c2ccccc12)C(=O)N[C@H](Cc1ccccc1)C(=O)N[C@@H](CCCCN)C(N)=O. The van der Waals surface area contributed by atoms with Gasteiger partial charge in [-0.1, -0.05) is 97.4 Å².